The van der Waals surface area contributed by atoms with Crippen LogP contribution in [0.1, 0.15) is 12.5 Å². The molecule has 1 fully saturated rings. The lowest BCUT2D eigenvalue weighted by atomic mass is 10.0. The monoisotopic (exact) mass is 307 g/mol. The van der Waals surface area contributed by atoms with E-state index in [1.807, 2.05) is 0 Å². The van der Waals surface area contributed by atoms with E-state index in [9.17, 15) is 15.0 Å². The second-order valence-corrected chi connectivity index (χ2v) is 5.27. The lowest BCUT2D eigenvalue weighted by Crippen LogP contribution is -2.17. The highest BCUT2D eigenvalue weighted by atomic mass is 16.5. The molecule has 118 valence electrons. The van der Waals surface area contributed by atoms with Gasteiger partial charge in [0.25, 0.3) is 11.6 Å². The summed E-state index contributed by atoms with van der Waals surface area (Å²) < 4.78 is 6.81. The van der Waals surface area contributed by atoms with E-state index in [2.05, 4.69) is 21.5 Å². The first-order valence-electron chi connectivity index (χ1n) is 6.77. The molecule has 5 N–H and O–H groups in total. The number of rotatable bonds is 3. The Morgan fingerprint density at radius 1 is 1.55 bits per heavy atom. The van der Waals surface area contributed by atoms with Crippen LogP contribution >= 0.6 is 0 Å². The summed E-state index contributed by atoms with van der Waals surface area (Å²) in [6, 6.07) is -0.212. The number of anilines is 1. The van der Waals surface area contributed by atoms with Crippen molar-refractivity contribution in [3.8, 4) is 6.01 Å². The SMILES string of the molecule is C=C1[C@@H](CO)[C@H](O)C[C@H]1n1c(OC)nc2c(=O)[nH]c(N)nc21. The number of aromatic nitrogens is 4. The molecule has 0 aliphatic heterocycles. The maximum Gasteiger partial charge on any atom is 0.299 e. The number of nitrogen functional groups attached to an aromatic ring is 1. The highest BCUT2D eigenvalue weighted by Gasteiger charge is 2.39. The van der Waals surface area contributed by atoms with Crippen molar-refractivity contribution >= 4 is 17.1 Å². The van der Waals surface area contributed by atoms with Crippen LogP contribution in [0.5, 0.6) is 6.01 Å². The Balaban J connectivity index is 2.22. The van der Waals surface area contributed by atoms with E-state index in [1.54, 1.807) is 4.57 Å². The summed E-state index contributed by atoms with van der Waals surface area (Å²) in [5.74, 6) is -0.476. The highest BCUT2D eigenvalue weighted by Crippen LogP contribution is 2.41. The van der Waals surface area contributed by atoms with Crippen molar-refractivity contribution in [3.63, 3.8) is 0 Å². The molecule has 9 heteroatoms. The summed E-state index contributed by atoms with van der Waals surface area (Å²) in [6.45, 7) is 3.75. The summed E-state index contributed by atoms with van der Waals surface area (Å²) >= 11 is 0. The van der Waals surface area contributed by atoms with Crippen molar-refractivity contribution in [1.29, 1.82) is 0 Å². The quantitative estimate of drug-likeness (QED) is 0.543. The zero-order valence-corrected chi connectivity index (χ0v) is 12.0. The van der Waals surface area contributed by atoms with Crippen molar-refractivity contribution in [3.05, 3.63) is 22.5 Å². The average molecular weight is 307 g/mol. The summed E-state index contributed by atoms with van der Waals surface area (Å²) in [7, 11) is 1.42. The number of hydrogen-bond acceptors (Lipinski definition) is 7. The van der Waals surface area contributed by atoms with Gasteiger partial charge in [-0.2, -0.15) is 9.97 Å². The Labute approximate surface area is 125 Å². The Kier molecular flexibility index (Phi) is 3.38. The normalized spacial score (nSPS) is 25.0. The number of nitrogens with zero attached hydrogens (tertiary/aromatic N) is 3. The van der Waals surface area contributed by atoms with Crippen LogP contribution in [0.4, 0.5) is 5.95 Å². The molecule has 2 aromatic heterocycles. The van der Waals surface area contributed by atoms with Gasteiger partial charge in [0.15, 0.2) is 11.2 Å². The number of aromatic amines is 1. The van der Waals surface area contributed by atoms with Gasteiger partial charge in [-0.05, 0) is 12.0 Å². The first-order chi connectivity index (χ1) is 10.5. The van der Waals surface area contributed by atoms with Crippen LogP contribution < -0.4 is 16.0 Å². The Morgan fingerprint density at radius 2 is 2.27 bits per heavy atom. The molecule has 9 nitrogen and oxygen atoms in total. The molecule has 0 aromatic carbocycles. The molecule has 3 atom stereocenters. The molecule has 0 bridgehead atoms. The molecule has 1 aliphatic rings. The molecular weight excluding hydrogens is 290 g/mol. The predicted octanol–water partition coefficient (Wildman–Crippen LogP) is -0.819. The van der Waals surface area contributed by atoms with E-state index in [-0.39, 0.29) is 35.8 Å². The number of fused-ring (bicyclic) bond motifs is 1. The summed E-state index contributed by atoms with van der Waals surface area (Å²) in [5, 5.41) is 19.4. The van der Waals surface area contributed by atoms with Crippen LogP contribution in [-0.2, 0) is 0 Å². The molecule has 0 unspecified atom stereocenters. The molecule has 1 saturated carbocycles. The second kappa shape index (κ2) is 5.11. The Bertz CT molecular complexity index is 796. The summed E-state index contributed by atoms with van der Waals surface area (Å²) in [5.41, 5.74) is 6.12. The van der Waals surface area contributed by atoms with E-state index < -0.39 is 17.6 Å². The topological polar surface area (TPSA) is 139 Å². The fraction of sp³-hybridized carbons (Fsp3) is 0.462. The molecule has 0 amide bonds. The van der Waals surface area contributed by atoms with Gasteiger partial charge in [0.1, 0.15) is 0 Å². The maximum atomic E-state index is 11.9. The van der Waals surface area contributed by atoms with Crippen LogP contribution in [0.15, 0.2) is 16.9 Å². The van der Waals surface area contributed by atoms with Gasteiger partial charge in [-0.3, -0.25) is 14.3 Å². The van der Waals surface area contributed by atoms with Crippen molar-refractivity contribution in [1.82, 2.24) is 19.5 Å². The Hall–Kier alpha value is -2.39. The van der Waals surface area contributed by atoms with Crippen molar-refractivity contribution in [2.24, 2.45) is 5.92 Å². The first-order valence-corrected chi connectivity index (χ1v) is 6.77. The van der Waals surface area contributed by atoms with Gasteiger partial charge in [-0.1, -0.05) is 6.58 Å². The van der Waals surface area contributed by atoms with Gasteiger partial charge in [0.05, 0.1) is 25.9 Å². The highest BCUT2D eigenvalue weighted by molar-refractivity contribution is 5.73. The van der Waals surface area contributed by atoms with E-state index in [0.29, 0.717) is 12.0 Å². The Morgan fingerprint density at radius 3 is 2.86 bits per heavy atom. The van der Waals surface area contributed by atoms with E-state index in [4.69, 9.17) is 10.5 Å². The molecule has 0 saturated heterocycles. The van der Waals surface area contributed by atoms with Crippen LogP contribution in [0.3, 0.4) is 0 Å². The number of aliphatic hydroxyl groups excluding tert-OH is 2. The molecule has 2 aromatic rings. The number of methoxy groups -OCH3 is 1. The number of aliphatic hydroxyl groups is 2. The third kappa shape index (κ3) is 1.97. The summed E-state index contributed by atoms with van der Waals surface area (Å²) in [4.78, 5) is 22.6. The maximum absolute atomic E-state index is 11.9. The van der Waals surface area contributed by atoms with Crippen LogP contribution in [0.2, 0.25) is 0 Å². The zero-order chi connectivity index (χ0) is 16.0. The fourth-order valence-electron chi connectivity index (χ4n) is 2.95. The van der Waals surface area contributed by atoms with Crippen molar-refractivity contribution in [2.45, 2.75) is 18.6 Å². The lowest BCUT2D eigenvalue weighted by molar-refractivity contribution is 0.101. The van der Waals surface area contributed by atoms with Crippen LogP contribution in [-0.4, -0.2) is 49.6 Å². The lowest BCUT2D eigenvalue weighted by Gasteiger charge is -2.17. The number of imidazole rings is 1. The van der Waals surface area contributed by atoms with Crippen LogP contribution in [0.25, 0.3) is 11.2 Å². The fourth-order valence-corrected chi connectivity index (χ4v) is 2.95. The van der Waals surface area contributed by atoms with E-state index in [1.165, 1.54) is 7.11 Å². The second-order valence-electron chi connectivity index (χ2n) is 5.27. The van der Waals surface area contributed by atoms with E-state index >= 15 is 0 Å². The van der Waals surface area contributed by atoms with Gasteiger partial charge in [-0.15, -0.1) is 0 Å². The number of ether oxygens (including phenoxy) is 1. The number of nitrogens with one attached hydrogen (secondary N) is 1. The van der Waals surface area contributed by atoms with Gasteiger partial charge in [-0.25, -0.2) is 0 Å². The molecule has 0 spiro atoms. The minimum Gasteiger partial charge on any atom is -0.468 e. The third-order valence-electron chi connectivity index (χ3n) is 4.06. The van der Waals surface area contributed by atoms with E-state index in [0.717, 1.165) is 0 Å². The standard InChI is InChI=1S/C13H17N5O4/c1-5-6(4-19)8(20)3-7(5)18-10-9(15-13(18)22-2)11(21)17-12(14)16-10/h6-8,19-20H,1,3-4H2,2H3,(H3,14,16,17,21)/t6-,7-,8-/m1/s1. The predicted molar refractivity (Wildman–Crippen MR) is 78.5 cm³/mol. The number of hydrogen-bond donors (Lipinski definition) is 4. The molecule has 3 rings (SSSR count). The largest absolute Gasteiger partial charge is 0.468 e. The zero-order valence-electron chi connectivity index (χ0n) is 12.0. The average Bonchev–Trinajstić information content (AvgIpc) is 2.96. The van der Waals surface area contributed by atoms with Gasteiger partial charge >= 0.3 is 0 Å². The van der Waals surface area contributed by atoms with Gasteiger partial charge in [0.2, 0.25) is 5.95 Å². The minimum atomic E-state index is -0.732. The van der Waals surface area contributed by atoms with Gasteiger partial charge < -0.3 is 20.7 Å². The smallest absolute Gasteiger partial charge is 0.299 e. The molecule has 0 radical (unpaired) electrons. The minimum absolute atomic E-state index is 0.0378. The third-order valence-corrected chi connectivity index (χ3v) is 4.06. The summed E-state index contributed by atoms with van der Waals surface area (Å²) in [6.07, 6.45) is -0.413. The molecule has 1 aliphatic carbocycles. The number of H-pyrrole nitrogens is 1. The first kappa shape index (κ1) is 14.5. The molecule has 2 heterocycles. The molecule has 22 heavy (non-hydrogen) atoms. The molecular formula is C13H17N5O4. The van der Waals surface area contributed by atoms with Crippen molar-refractivity contribution < 1.29 is 14.9 Å². The van der Waals surface area contributed by atoms with Gasteiger partial charge in [0, 0.05) is 5.92 Å². The number of nitrogens with two attached hydrogens (primary N) is 1. The van der Waals surface area contributed by atoms with Crippen LogP contribution in [0, 0.1) is 5.92 Å². The van der Waals surface area contributed by atoms with Crippen molar-refractivity contribution in [2.75, 3.05) is 19.5 Å².